The first-order valence-electron chi connectivity index (χ1n) is 5.81. The van der Waals surface area contributed by atoms with Crippen LogP contribution in [0.3, 0.4) is 0 Å². The lowest BCUT2D eigenvalue weighted by atomic mass is 9.63. The van der Waals surface area contributed by atoms with Gasteiger partial charge in [-0.1, -0.05) is 47.6 Å². The molecular weight excluding hydrogens is 200 g/mol. The van der Waals surface area contributed by atoms with Crippen molar-refractivity contribution in [1.29, 1.82) is 0 Å². The van der Waals surface area contributed by atoms with E-state index in [1.165, 1.54) is 0 Å². The molecule has 2 heteroatoms. The van der Waals surface area contributed by atoms with E-state index in [9.17, 15) is 10.2 Å². The Hall–Kier alpha value is -0.600. The summed E-state index contributed by atoms with van der Waals surface area (Å²) < 4.78 is 0. The van der Waals surface area contributed by atoms with E-state index in [2.05, 4.69) is 20.8 Å². The quantitative estimate of drug-likeness (QED) is 0.621. The lowest BCUT2D eigenvalue weighted by Crippen LogP contribution is -2.48. The van der Waals surface area contributed by atoms with Crippen molar-refractivity contribution in [3.8, 4) is 0 Å². The van der Waals surface area contributed by atoms with Crippen molar-refractivity contribution >= 4 is 0 Å². The summed E-state index contributed by atoms with van der Waals surface area (Å²) in [5.74, 6) is 0. The van der Waals surface area contributed by atoms with Crippen molar-refractivity contribution in [3.63, 3.8) is 0 Å². The monoisotopic (exact) mass is 224 g/mol. The zero-order chi connectivity index (χ0) is 12.8. The number of hydrogen-bond acceptors (Lipinski definition) is 2. The van der Waals surface area contributed by atoms with E-state index < -0.39 is 11.7 Å². The summed E-state index contributed by atoms with van der Waals surface area (Å²) >= 11 is 0. The SMILES string of the molecule is CC(C)(C)C1=CC(O)C=CC1(O)C(C)(C)C. The van der Waals surface area contributed by atoms with Crippen molar-refractivity contribution < 1.29 is 10.2 Å². The van der Waals surface area contributed by atoms with Gasteiger partial charge >= 0.3 is 0 Å². The van der Waals surface area contributed by atoms with E-state index in [0.717, 1.165) is 5.57 Å². The molecule has 1 aliphatic rings. The van der Waals surface area contributed by atoms with Crippen LogP contribution in [0.4, 0.5) is 0 Å². The molecule has 0 heterocycles. The summed E-state index contributed by atoms with van der Waals surface area (Å²) in [5.41, 5.74) is -0.538. The molecule has 1 aliphatic carbocycles. The molecule has 0 bridgehead atoms. The second-order valence-electron chi connectivity index (χ2n) is 6.70. The summed E-state index contributed by atoms with van der Waals surface area (Å²) in [7, 11) is 0. The fourth-order valence-corrected chi connectivity index (χ4v) is 2.16. The predicted octanol–water partition coefficient (Wildman–Crippen LogP) is 2.67. The van der Waals surface area contributed by atoms with Crippen molar-refractivity contribution in [2.45, 2.75) is 53.2 Å². The Morgan fingerprint density at radius 3 is 2.00 bits per heavy atom. The topological polar surface area (TPSA) is 40.5 Å². The maximum absolute atomic E-state index is 10.9. The molecule has 16 heavy (non-hydrogen) atoms. The zero-order valence-corrected chi connectivity index (χ0v) is 11.2. The fraction of sp³-hybridized carbons (Fsp3) is 0.714. The summed E-state index contributed by atoms with van der Waals surface area (Å²) in [4.78, 5) is 0. The molecular formula is C14H24O2. The highest BCUT2D eigenvalue weighted by Crippen LogP contribution is 2.46. The van der Waals surface area contributed by atoms with Gasteiger partial charge in [-0.2, -0.15) is 0 Å². The Kier molecular flexibility index (Phi) is 3.12. The van der Waals surface area contributed by atoms with E-state index >= 15 is 0 Å². The van der Waals surface area contributed by atoms with E-state index in [0.29, 0.717) is 0 Å². The van der Waals surface area contributed by atoms with E-state index in [4.69, 9.17) is 0 Å². The molecule has 0 radical (unpaired) electrons. The fourth-order valence-electron chi connectivity index (χ4n) is 2.16. The third kappa shape index (κ3) is 2.23. The lowest BCUT2D eigenvalue weighted by Gasteiger charge is -2.46. The van der Waals surface area contributed by atoms with Gasteiger partial charge in [0.05, 0.1) is 6.10 Å². The van der Waals surface area contributed by atoms with Crippen LogP contribution in [0.2, 0.25) is 0 Å². The highest BCUT2D eigenvalue weighted by molar-refractivity contribution is 5.38. The third-order valence-corrected chi connectivity index (χ3v) is 3.23. The summed E-state index contributed by atoms with van der Waals surface area (Å²) in [6.07, 6.45) is 4.57. The minimum absolute atomic E-state index is 0.159. The molecule has 0 aliphatic heterocycles. The van der Waals surface area contributed by atoms with Crippen LogP contribution in [0, 0.1) is 10.8 Å². The molecule has 0 fully saturated rings. The number of aliphatic hydroxyl groups excluding tert-OH is 1. The van der Waals surface area contributed by atoms with Gasteiger partial charge in [-0.25, -0.2) is 0 Å². The Balaban J connectivity index is 3.30. The highest BCUT2D eigenvalue weighted by Gasteiger charge is 2.46. The van der Waals surface area contributed by atoms with Crippen LogP contribution in [0.15, 0.2) is 23.8 Å². The maximum Gasteiger partial charge on any atom is 0.109 e. The maximum atomic E-state index is 10.9. The average molecular weight is 224 g/mol. The van der Waals surface area contributed by atoms with Crippen LogP contribution in [-0.4, -0.2) is 21.9 Å². The van der Waals surface area contributed by atoms with E-state index in [1.54, 1.807) is 18.2 Å². The van der Waals surface area contributed by atoms with Gasteiger partial charge in [0, 0.05) is 0 Å². The molecule has 92 valence electrons. The Morgan fingerprint density at radius 1 is 1.12 bits per heavy atom. The number of hydrogen-bond donors (Lipinski definition) is 2. The van der Waals surface area contributed by atoms with Gasteiger partial charge in [0.2, 0.25) is 0 Å². The standard InChI is InChI=1S/C14H24O2/c1-12(2,3)11-9-10(15)7-8-14(11,16)13(4,5)6/h7-10,15-16H,1-6H3. The van der Waals surface area contributed by atoms with Crippen LogP contribution in [0.1, 0.15) is 41.5 Å². The lowest BCUT2D eigenvalue weighted by molar-refractivity contribution is 0.000822. The molecule has 0 saturated heterocycles. The Labute approximate surface area is 98.7 Å². The number of rotatable bonds is 0. The molecule has 2 N–H and O–H groups in total. The molecule has 2 atom stereocenters. The first-order chi connectivity index (χ1) is 6.98. The minimum atomic E-state index is -0.982. The van der Waals surface area contributed by atoms with Crippen LogP contribution >= 0.6 is 0 Å². The van der Waals surface area contributed by atoms with Crippen LogP contribution in [0.5, 0.6) is 0 Å². The molecule has 0 amide bonds. The molecule has 2 unspecified atom stereocenters. The van der Waals surface area contributed by atoms with Crippen LogP contribution < -0.4 is 0 Å². The summed E-state index contributed by atoms with van der Waals surface area (Å²) in [6, 6.07) is 0. The highest BCUT2D eigenvalue weighted by atomic mass is 16.3. The van der Waals surface area contributed by atoms with Gasteiger partial charge in [-0.3, -0.25) is 0 Å². The van der Waals surface area contributed by atoms with Gasteiger partial charge in [0.25, 0.3) is 0 Å². The second-order valence-corrected chi connectivity index (χ2v) is 6.70. The van der Waals surface area contributed by atoms with E-state index in [1.807, 2.05) is 20.8 Å². The molecule has 0 aromatic heterocycles. The van der Waals surface area contributed by atoms with Crippen LogP contribution in [-0.2, 0) is 0 Å². The smallest absolute Gasteiger partial charge is 0.109 e. The normalized spacial score (nSPS) is 31.5. The summed E-state index contributed by atoms with van der Waals surface area (Å²) in [5, 5.41) is 20.5. The second kappa shape index (κ2) is 3.71. The van der Waals surface area contributed by atoms with Gasteiger partial charge in [-0.15, -0.1) is 0 Å². The predicted molar refractivity (Wildman–Crippen MR) is 67.1 cm³/mol. The van der Waals surface area contributed by atoms with Crippen molar-refractivity contribution in [3.05, 3.63) is 23.8 Å². The summed E-state index contributed by atoms with van der Waals surface area (Å²) in [6.45, 7) is 12.2. The Morgan fingerprint density at radius 2 is 1.62 bits per heavy atom. The molecule has 0 aromatic rings. The molecule has 0 spiro atoms. The molecule has 2 nitrogen and oxygen atoms in total. The largest absolute Gasteiger partial charge is 0.385 e. The average Bonchev–Trinajstić information content (AvgIpc) is 2.05. The molecule has 1 rings (SSSR count). The van der Waals surface area contributed by atoms with Crippen molar-refractivity contribution in [2.75, 3.05) is 0 Å². The van der Waals surface area contributed by atoms with Gasteiger partial charge in [0.15, 0.2) is 0 Å². The molecule has 0 saturated carbocycles. The van der Waals surface area contributed by atoms with Crippen molar-refractivity contribution in [1.82, 2.24) is 0 Å². The van der Waals surface area contributed by atoms with E-state index in [-0.39, 0.29) is 10.8 Å². The van der Waals surface area contributed by atoms with Crippen LogP contribution in [0.25, 0.3) is 0 Å². The first kappa shape index (κ1) is 13.5. The molecule has 0 aromatic carbocycles. The number of aliphatic hydroxyl groups is 2. The van der Waals surface area contributed by atoms with Crippen molar-refractivity contribution in [2.24, 2.45) is 10.8 Å². The van der Waals surface area contributed by atoms with Gasteiger partial charge in [0.1, 0.15) is 5.60 Å². The Bertz CT molecular complexity index is 326. The van der Waals surface area contributed by atoms with Gasteiger partial charge < -0.3 is 10.2 Å². The minimum Gasteiger partial charge on any atom is -0.385 e. The first-order valence-corrected chi connectivity index (χ1v) is 5.81. The van der Waals surface area contributed by atoms with Gasteiger partial charge in [-0.05, 0) is 28.6 Å². The zero-order valence-electron chi connectivity index (χ0n) is 11.2. The third-order valence-electron chi connectivity index (χ3n) is 3.23.